The number of benzene rings is 1. The number of hydrogen-bond acceptors (Lipinski definition) is 5. The maximum Gasteiger partial charge on any atom is 0.312 e. The van der Waals surface area contributed by atoms with Gasteiger partial charge in [0, 0.05) is 18.0 Å². The van der Waals surface area contributed by atoms with E-state index in [0.717, 1.165) is 23.4 Å². The van der Waals surface area contributed by atoms with Crippen LogP contribution in [0.2, 0.25) is 0 Å². The largest absolute Gasteiger partial charge is 0.352 e. The van der Waals surface area contributed by atoms with Gasteiger partial charge in [0.15, 0.2) is 0 Å². The number of primary amides is 1. The van der Waals surface area contributed by atoms with Crippen LogP contribution in [0, 0.1) is 0 Å². The van der Waals surface area contributed by atoms with Crippen molar-refractivity contribution in [3.63, 3.8) is 0 Å². The minimum Gasteiger partial charge on any atom is -0.352 e. The van der Waals surface area contributed by atoms with Crippen molar-refractivity contribution in [2.24, 2.45) is 5.73 Å². The van der Waals surface area contributed by atoms with Crippen molar-refractivity contribution in [3.8, 4) is 0 Å². The highest BCUT2D eigenvalue weighted by molar-refractivity contribution is 7.15. The lowest BCUT2D eigenvalue weighted by Crippen LogP contribution is -2.28. The van der Waals surface area contributed by atoms with Crippen molar-refractivity contribution < 1.29 is 9.59 Å². The third-order valence-electron chi connectivity index (χ3n) is 3.27. The number of amides is 3. The van der Waals surface area contributed by atoms with Crippen molar-refractivity contribution >= 4 is 28.4 Å². The smallest absolute Gasteiger partial charge is 0.312 e. The number of hydrogen-bond donors (Lipinski definition) is 3. The molecule has 0 bridgehead atoms. The van der Waals surface area contributed by atoms with E-state index in [9.17, 15) is 9.59 Å². The van der Waals surface area contributed by atoms with E-state index in [1.54, 1.807) is 24.3 Å². The van der Waals surface area contributed by atoms with E-state index in [0.29, 0.717) is 23.2 Å². The molecule has 1 fully saturated rings. The van der Waals surface area contributed by atoms with Crippen LogP contribution < -0.4 is 16.4 Å². The third-order valence-corrected chi connectivity index (χ3v) is 4.27. The Morgan fingerprint density at radius 2 is 1.95 bits per heavy atom. The first kappa shape index (κ1) is 14.5. The number of nitrogens with zero attached hydrogens (tertiary/aromatic N) is 2. The Bertz CT molecular complexity index is 694. The second-order valence-corrected chi connectivity index (χ2v) is 6.10. The maximum atomic E-state index is 12.1. The Labute approximate surface area is 130 Å². The second-order valence-electron chi connectivity index (χ2n) is 5.09. The first-order valence-electron chi connectivity index (χ1n) is 6.89. The molecule has 1 heterocycles. The number of urea groups is 1. The van der Waals surface area contributed by atoms with Gasteiger partial charge in [0.2, 0.25) is 5.13 Å². The van der Waals surface area contributed by atoms with Crippen LogP contribution in [0.4, 0.5) is 9.93 Å². The second kappa shape index (κ2) is 6.10. The van der Waals surface area contributed by atoms with Gasteiger partial charge in [0.1, 0.15) is 5.01 Å². The van der Waals surface area contributed by atoms with Gasteiger partial charge >= 0.3 is 6.03 Å². The van der Waals surface area contributed by atoms with Crippen LogP contribution in [0.5, 0.6) is 0 Å². The summed E-state index contributed by atoms with van der Waals surface area (Å²) in [6.45, 7) is 0.332. The van der Waals surface area contributed by atoms with E-state index in [2.05, 4.69) is 20.8 Å². The molecule has 0 spiro atoms. The summed E-state index contributed by atoms with van der Waals surface area (Å²) in [5.74, 6) is 0.299. The van der Waals surface area contributed by atoms with Crippen molar-refractivity contribution in [1.29, 1.82) is 0 Å². The average Bonchev–Trinajstić information content (AvgIpc) is 3.26. The Morgan fingerprint density at radius 3 is 2.59 bits per heavy atom. The van der Waals surface area contributed by atoms with E-state index < -0.39 is 6.03 Å². The Morgan fingerprint density at radius 1 is 1.23 bits per heavy atom. The number of rotatable bonds is 5. The van der Waals surface area contributed by atoms with Crippen LogP contribution in [0.3, 0.4) is 0 Å². The first-order valence-corrected chi connectivity index (χ1v) is 7.70. The summed E-state index contributed by atoms with van der Waals surface area (Å²) < 4.78 is 0. The summed E-state index contributed by atoms with van der Waals surface area (Å²) in [4.78, 5) is 22.8. The van der Waals surface area contributed by atoms with Crippen molar-refractivity contribution in [2.45, 2.75) is 25.3 Å². The summed E-state index contributed by atoms with van der Waals surface area (Å²) in [6, 6.07) is 6.33. The van der Waals surface area contributed by atoms with E-state index in [1.807, 2.05) is 0 Å². The molecule has 3 rings (SSSR count). The molecular formula is C14H15N5O2S. The fourth-order valence-electron chi connectivity index (χ4n) is 1.91. The fourth-order valence-corrected chi connectivity index (χ4v) is 2.82. The normalized spacial score (nSPS) is 13.6. The van der Waals surface area contributed by atoms with Crippen LogP contribution in [-0.2, 0) is 6.54 Å². The van der Waals surface area contributed by atoms with Gasteiger partial charge in [-0.15, -0.1) is 10.2 Å². The van der Waals surface area contributed by atoms with Gasteiger partial charge < -0.3 is 11.1 Å². The van der Waals surface area contributed by atoms with Gasteiger partial charge in [-0.3, -0.25) is 10.1 Å². The Kier molecular flexibility index (Phi) is 4.01. The lowest BCUT2D eigenvalue weighted by Gasteiger charge is -2.04. The monoisotopic (exact) mass is 317 g/mol. The van der Waals surface area contributed by atoms with E-state index in [1.165, 1.54) is 11.3 Å². The zero-order valence-electron chi connectivity index (χ0n) is 11.7. The number of anilines is 1. The van der Waals surface area contributed by atoms with E-state index in [-0.39, 0.29) is 5.91 Å². The maximum absolute atomic E-state index is 12.1. The van der Waals surface area contributed by atoms with Crippen molar-refractivity contribution in [1.82, 2.24) is 15.5 Å². The standard InChI is InChI=1S/C14H15N5O2S/c15-13(21)16-7-8-1-3-9(4-2-8)11(20)17-14-19-18-12(22-14)10-5-6-10/h1-4,10H,5-7H2,(H3,15,16,21)(H,17,19,20). The number of carbonyl (C=O) groups excluding carboxylic acids is 2. The average molecular weight is 317 g/mol. The molecule has 0 unspecified atom stereocenters. The molecule has 1 aliphatic carbocycles. The minimum atomic E-state index is -0.579. The van der Waals surface area contributed by atoms with Gasteiger partial charge in [-0.1, -0.05) is 23.5 Å². The number of nitrogens with two attached hydrogens (primary N) is 1. The number of nitrogens with one attached hydrogen (secondary N) is 2. The molecule has 0 saturated heterocycles. The van der Waals surface area contributed by atoms with Crippen LogP contribution in [0.25, 0.3) is 0 Å². The molecule has 3 amide bonds. The van der Waals surface area contributed by atoms with E-state index >= 15 is 0 Å². The predicted molar refractivity (Wildman–Crippen MR) is 82.7 cm³/mol. The Balaban J connectivity index is 1.60. The lowest BCUT2D eigenvalue weighted by atomic mass is 10.1. The van der Waals surface area contributed by atoms with Crippen LogP contribution >= 0.6 is 11.3 Å². The molecule has 4 N–H and O–H groups in total. The third kappa shape index (κ3) is 3.59. The summed E-state index contributed by atoms with van der Waals surface area (Å²) in [7, 11) is 0. The molecule has 0 radical (unpaired) electrons. The molecule has 1 aromatic carbocycles. The highest BCUT2D eigenvalue weighted by atomic mass is 32.1. The summed E-state index contributed by atoms with van der Waals surface area (Å²) in [5, 5.41) is 14.8. The molecule has 7 nitrogen and oxygen atoms in total. The highest BCUT2D eigenvalue weighted by Gasteiger charge is 2.27. The molecule has 0 atom stereocenters. The fraction of sp³-hybridized carbons (Fsp3) is 0.286. The highest BCUT2D eigenvalue weighted by Crippen LogP contribution is 2.42. The van der Waals surface area contributed by atoms with Gasteiger partial charge in [0.05, 0.1) is 0 Å². The minimum absolute atomic E-state index is 0.229. The zero-order valence-corrected chi connectivity index (χ0v) is 12.5. The zero-order chi connectivity index (χ0) is 15.5. The van der Waals surface area contributed by atoms with E-state index in [4.69, 9.17) is 5.73 Å². The van der Waals surface area contributed by atoms with Gasteiger partial charge in [0.25, 0.3) is 5.91 Å². The van der Waals surface area contributed by atoms with Crippen molar-refractivity contribution in [2.75, 3.05) is 5.32 Å². The quantitative estimate of drug-likeness (QED) is 0.781. The number of carbonyl (C=O) groups is 2. The van der Waals surface area contributed by atoms with Crippen LogP contribution in [0.1, 0.15) is 39.7 Å². The van der Waals surface area contributed by atoms with Gasteiger partial charge in [-0.05, 0) is 30.5 Å². The Hall–Kier alpha value is -2.48. The molecule has 8 heteroatoms. The molecule has 2 aromatic rings. The molecule has 0 aliphatic heterocycles. The summed E-state index contributed by atoms with van der Waals surface area (Å²) in [5.41, 5.74) is 6.39. The topological polar surface area (TPSA) is 110 Å². The molecule has 1 aliphatic rings. The molecule has 1 saturated carbocycles. The summed E-state index contributed by atoms with van der Waals surface area (Å²) in [6.07, 6.45) is 2.31. The number of aromatic nitrogens is 2. The summed E-state index contributed by atoms with van der Waals surface area (Å²) >= 11 is 1.43. The van der Waals surface area contributed by atoms with Crippen molar-refractivity contribution in [3.05, 3.63) is 40.4 Å². The predicted octanol–water partition coefficient (Wildman–Crippen LogP) is 1.84. The lowest BCUT2D eigenvalue weighted by molar-refractivity contribution is 0.102. The molecule has 1 aromatic heterocycles. The molecule has 22 heavy (non-hydrogen) atoms. The molecule has 114 valence electrons. The van der Waals surface area contributed by atoms with Gasteiger partial charge in [-0.25, -0.2) is 4.79 Å². The van der Waals surface area contributed by atoms with Gasteiger partial charge in [-0.2, -0.15) is 0 Å². The van der Waals surface area contributed by atoms with Crippen LogP contribution in [0.15, 0.2) is 24.3 Å². The SMILES string of the molecule is NC(=O)NCc1ccc(C(=O)Nc2nnc(C3CC3)s2)cc1. The first-order chi connectivity index (χ1) is 10.6. The van der Waals surface area contributed by atoms with Crippen LogP contribution in [-0.4, -0.2) is 22.1 Å². The molecular weight excluding hydrogens is 302 g/mol.